The second-order valence-corrected chi connectivity index (χ2v) is 6.29. The largest absolute Gasteiger partial charge is 0.330 e. The fourth-order valence-corrected chi connectivity index (χ4v) is 3.09. The number of amides is 1. The van der Waals surface area contributed by atoms with E-state index in [1.807, 2.05) is 58.0 Å². The Morgan fingerprint density at radius 3 is 2.31 bits per heavy atom. The molecule has 26 heavy (non-hydrogen) atoms. The van der Waals surface area contributed by atoms with Gasteiger partial charge in [0.15, 0.2) is 0 Å². The van der Waals surface area contributed by atoms with E-state index in [4.69, 9.17) is 0 Å². The summed E-state index contributed by atoms with van der Waals surface area (Å²) in [4.78, 5) is 41.2. The van der Waals surface area contributed by atoms with Gasteiger partial charge in [-0.15, -0.1) is 0 Å². The monoisotopic (exact) mass is 355 g/mol. The smallest absolute Gasteiger partial charge is 0.275 e. The average Bonchev–Trinajstić information content (AvgIpc) is 2.53. The zero-order chi connectivity index (χ0) is 19.4. The number of carbonyl (C=O) groups is 1. The van der Waals surface area contributed by atoms with Gasteiger partial charge in [-0.05, 0) is 50.5 Å². The molecule has 0 atom stereocenters. The van der Waals surface area contributed by atoms with Crippen molar-refractivity contribution in [3.8, 4) is 0 Å². The van der Waals surface area contributed by atoms with Crippen LogP contribution in [0.4, 0.5) is 11.5 Å². The number of hydrogen-bond acceptors (Lipinski definition) is 3. The first-order valence-corrected chi connectivity index (χ1v) is 8.66. The van der Waals surface area contributed by atoms with E-state index in [0.29, 0.717) is 23.5 Å². The molecule has 138 valence electrons. The van der Waals surface area contributed by atoms with E-state index in [2.05, 4.69) is 4.98 Å². The van der Waals surface area contributed by atoms with Crippen molar-refractivity contribution >= 4 is 17.4 Å². The fourth-order valence-electron chi connectivity index (χ4n) is 3.09. The number of rotatable bonds is 5. The van der Waals surface area contributed by atoms with Crippen LogP contribution in [0.3, 0.4) is 0 Å². The van der Waals surface area contributed by atoms with Gasteiger partial charge in [0.1, 0.15) is 5.82 Å². The lowest BCUT2D eigenvalue weighted by molar-refractivity contribution is -0.115. The van der Waals surface area contributed by atoms with Crippen molar-refractivity contribution in [3.05, 3.63) is 67.9 Å². The summed E-state index contributed by atoms with van der Waals surface area (Å²) in [5.74, 6) is 0.0702. The van der Waals surface area contributed by atoms with Gasteiger partial charge in [-0.1, -0.05) is 25.1 Å². The summed E-state index contributed by atoms with van der Waals surface area (Å²) < 4.78 is 1.43. The van der Waals surface area contributed by atoms with Crippen LogP contribution in [0.1, 0.15) is 37.5 Å². The Bertz CT molecular complexity index is 947. The first kappa shape index (κ1) is 19.4. The summed E-state index contributed by atoms with van der Waals surface area (Å²) in [5.41, 5.74) is 2.05. The minimum atomic E-state index is -0.532. The van der Waals surface area contributed by atoms with Gasteiger partial charge < -0.3 is 0 Å². The predicted octanol–water partition coefficient (Wildman–Crippen LogP) is 2.98. The molecule has 0 bridgehead atoms. The molecule has 6 heteroatoms. The van der Waals surface area contributed by atoms with E-state index in [9.17, 15) is 14.4 Å². The third-order valence-electron chi connectivity index (χ3n) is 4.13. The SMILES string of the molecule is C/C=C/Cn1c(N(C(C)=O)c2cc(C)cc(C)c2)c(CC)c(=O)[nH]c1=O. The summed E-state index contributed by atoms with van der Waals surface area (Å²) in [7, 11) is 0. The summed E-state index contributed by atoms with van der Waals surface area (Å²) in [6, 6.07) is 5.76. The number of aromatic amines is 1. The lowest BCUT2D eigenvalue weighted by Gasteiger charge is -2.27. The van der Waals surface area contributed by atoms with Gasteiger partial charge in [0.2, 0.25) is 5.91 Å². The minimum Gasteiger partial charge on any atom is -0.275 e. The number of allylic oxidation sites excluding steroid dienone is 2. The van der Waals surface area contributed by atoms with Crippen molar-refractivity contribution in [2.24, 2.45) is 0 Å². The van der Waals surface area contributed by atoms with Gasteiger partial charge in [-0.25, -0.2) is 4.79 Å². The number of hydrogen-bond donors (Lipinski definition) is 1. The Morgan fingerprint density at radius 1 is 1.19 bits per heavy atom. The second-order valence-electron chi connectivity index (χ2n) is 6.29. The third kappa shape index (κ3) is 3.85. The predicted molar refractivity (Wildman–Crippen MR) is 104 cm³/mol. The zero-order valence-corrected chi connectivity index (χ0v) is 15.9. The van der Waals surface area contributed by atoms with Crippen LogP contribution in [0.2, 0.25) is 0 Å². The normalized spacial score (nSPS) is 11.1. The maximum absolute atomic E-state index is 12.6. The molecule has 0 fully saturated rings. The van der Waals surface area contributed by atoms with Crippen molar-refractivity contribution in [2.75, 3.05) is 4.90 Å². The molecule has 1 aromatic carbocycles. The molecule has 0 saturated carbocycles. The van der Waals surface area contributed by atoms with Crippen molar-refractivity contribution in [1.82, 2.24) is 9.55 Å². The van der Waals surface area contributed by atoms with Crippen molar-refractivity contribution in [1.29, 1.82) is 0 Å². The summed E-state index contributed by atoms with van der Waals surface area (Å²) >= 11 is 0. The minimum absolute atomic E-state index is 0.260. The molecule has 2 aromatic rings. The summed E-state index contributed by atoms with van der Waals surface area (Å²) in [5, 5.41) is 0. The first-order chi connectivity index (χ1) is 12.3. The van der Waals surface area contributed by atoms with Crippen LogP contribution in [-0.4, -0.2) is 15.5 Å². The summed E-state index contributed by atoms with van der Waals surface area (Å²) in [6.45, 7) is 9.27. The van der Waals surface area contributed by atoms with Crippen LogP contribution < -0.4 is 16.1 Å². The molecular weight excluding hydrogens is 330 g/mol. The molecule has 2 rings (SSSR count). The van der Waals surface area contributed by atoms with Gasteiger partial charge in [-0.3, -0.25) is 24.0 Å². The van der Waals surface area contributed by atoms with Gasteiger partial charge in [0.05, 0.1) is 11.3 Å². The molecule has 1 heterocycles. The topological polar surface area (TPSA) is 75.2 Å². The molecule has 0 saturated heterocycles. The Morgan fingerprint density at radius 2 is 1.81 bits per heavy atom. The van der Waals surface area contributed by atoms with Gasteiger partial charge in [0.25, 0.3) is 5.56 Å². The third-order valence-corrected chi connectivity index (χ3v) is 4.13. The molecule has 0 aliphatic carbocycles. The molecule has 0 aliphatic heterocycles. The van der Waals surface area contributed by atoms with Crippen molar-refractivity contribution in [3.63, 3.8) is 0 Å². The number of benzene rings is 1. The lowest BCUT2D eigenvalue weighted by atomic mass is 10.1. The van der Waals surface area contributed by atoms with Crippen LogP contribution in [0.15, 0.2) is 39.9 Å². The molecular formula is C20H25N3O3. The van der Waals surface area contributed by atoms with Gasteiger partial charge in [-0.2, -0.15) is 0 Å². The molecule has 6 nitrogen and oxygen atoms in total. The molecule has 0 radical (unpaired) electrons. The number of aryl methyl sites for hydroxylation is 2. The highest BCUT2D eigenvalue weighted by atomic mass is 16.2. The van der Waals surface area contributed by atoms with Crippen LogP contribution in [-0.2, 0) is 17.8 Å². The molecule has 1 amide bonds. The number of nitrogens with zero attached hydrogens (tertiary/aromatic N) is 2. The van der Waals surface area contributed by atoms with E-state index in [0.717, 1.165) is 11.1 Å². The standard InChI is InChI=1S/C20H25N3O3/c1-6-8-9-22-19(17(7-2)18(25)21-20(22)26)23(15(5)24)16-11-13(3)10-14(4)12-16/h6,8,10-12H,7,9H2,1-5H3,(H,21,25,26)/b8-6+. The van der Waals surface area contributed by atoms with Gasteiger partial charge in [0, 0.05) is 13.5 Å². The first-order valence-electron chi connectivity index (χ1n) is 8.66. The van der Waals surface area contributed by atoms with Crippen LogP contribution >= 0.6 is 0 Å². The van der Waals surface area contributed by atoms with E-state index in [-0.39, 0.29) is 12.5 Å². The quantitative estimate of drug-likeness (QED) is 0.838. The van der Waals surface area contributed by atoms with Crippen LogP contribution in [0.5, 0.6) is 0 Å². The van der Waals surface area contributed by atoms with Crippen LogP contribution in [0.25, 0.3) is 0 Å². The zero-order valence-electron chi connectivity index (χ0n) is 15.9. The molecule has 1 N–H and O–H groups in total. The van der Waals surface area contributed by atoms with E-state index < -0.39 is 11.2 Å². The van der Waals surface area contributed by atoms with E-state index in [1.165, 1.54) is 16.4 Å². The number of carbonyl (C=O) groups excluding carboxylic acids is 1. The highest BCUT2D eigenvalue weighted by Gasteiger charge is 2.24. The number of anilines is 2. The Balaban J connectivity index is 2.89. The highest BCUT2D eigenvalue weighted by Crippen LogP contribution is 2.29. The molecule has 0 unspecified atom stereocenters. The Hall–Kier alpha value is -2.89. The van der Waals surface area contributed by atoms with Crippen molar-refractivity contribution in [2.45, 2.75) is 47.6 Å². The summed E-state index contributed by atoms with van der Waals surface area (Å²) in [6.07, 6.45) is 4.03. The maximum Gasteiger partial charge on any atom is 0.330 e. The van der Waals surface area contributed by atoms with E-state index in [1.54, 1.807) is 0 Å². The van der Waals surface area contributed by atoms with Crippen molar-refractivity contribution < 1.29 is 4.79 Å². The Labute approximate surface area is 152 Å². The van der Waals surface area contributed by atoms with Gasteiger partial charge >= 0.3 is 5.69 Å². The average molecular weight is 355 g/mol. The second kappa shape index (κ2) is 7.99. The molecule has 0 spiro atoms. The van der Waals surface area contributed by atoms with Crippen LogP contribution in [0, 0.1) is 13.8 Å². The molecule has 0 aliphatic rings. The number of aromatic nitrogens is 2. The number of nitrogens with one attached hydrogen (secondary N) is 1. The Kier molecular flexibility index (Phi) is 5.97. The lowest BCUT2D eigenvalue weighted by Crippen LogP contribution is -2.39. The fraction of sp³-hybridized carbons (Fsp3) is 0.350. The maximum atomic E-state index is 12.6. The van der Waals surface area contributed by atoms with E-state index >= 15 is 0 Å². The number of H-pyrrole nitrogens is 1. The molecule has 1 aromatic heterocycles. The highest BCUT2D eigenvalue weighted by molar-refractivity contribution is 5.99.